The Hall–Kier alpha value is -1.55. The van der Waals surface area contributed by atoms with E-state index in [2.05, 4.69) is 13.8 Å². The maximum atomic E-state index is 13.0. The third-order valence-electron chi connectivity index (χ3n) is 5.33. The topological polar surface area (TPSA) is 40.6 Å². The van der Waals surface area contributed by atoms with Gasteiger partial charge in [-0.15, -0.1) is 0 Å². The van der Waals surface area contributed by atoms with Crippen molar-refractivity contribution in [1.29, 1.82) is 0 Å². The molecule has 0 aliphatic carbocycles. The molecule has 3 rings (SSSR count). The molecular weight excluding hydrogens is 336 g/mol. The number of nitrogens with zero attached hydrogens (tertiary/aromatic N) is 2. The van der Waals surface area contributed by atoms with Crippen LogP contribution in [0.3, 0.4) is 0 Å². The molecule has 2 amide bonds. The second kappa shape index (κ2) is 7.77. The first kappa shape index (κ1) is 18.2. The number of piperidine rings is 2. The molecule has 5 heteroatoms. The molecule has 0 saturated carbocycles. The first-order valence-electron chi connectivity index (χ1n) is 9.27. The Balaban J connectivity index is 1.65. The van der Waals surface area contributed by atoms with Crippen LogP contribution in [-0.2, 0) is 4.79 Å². The van der Waals surface area contributed by atoms with E-state index in [4.69, 9.17) is 11.6 Å². The van der Waals surface area contributed by atoms with Crippen LogP contribution in [0.25, 0.3) is 0 Å². The van der Waals surface area contributed by atoms with E-state index in [0.717, 1.165) is 32.5 Å². The highest BCUT2D eigenvalue weighted by molar-refractivity contribution is 6.30. The van der Waals surface area contributed by atoms with Gasteiger partial charge in [-0.1, -0.05) is 25.4 Å². The van der Waals surface area contributed by atoms with Gasteiger partial charge in [0.05, 0.1) is 5.92 Å². The largest absolute Gasteiger partial charge is 0.342 e. The molecule has 2 aliphatic heterocycles. The second-order valence-corrected chi connectivity index (χ2v) is 8.22. The average Bonchev–Trinajstić information content (AvgIpc) is 2.60. The first-order chi connectivity index (χ1) is 11.9. The van der Waals surface area contributed by atoms with Gasteiger partial charge in [0.25, 0.3) is 5.91 Å². The number of likely N-dealkylation sites (tertiary alicyclic amines) is 2. The predicted octanol–water partition coefficient (Wildman–Crippen LogP) is 3.70. The highest BCUT2D eigenvalue weighted by Gasteiger charge is 2.34. The van der Waals surface area contributed by atoms with Crippen molar-refractivity contribution in [2.24, 2.45) is 17.8 Å². The zero-order chi connectivity index (χ0) is 18.0. The maximum Gasteiger partial charge on any atom is 0.253 e. The second-order valence-electron chi connectivity index (χ2n) is 7.79. The van der Waals surface area contributed by atoms with E-state index in [-0.39, 0.29) is 17.7 Å². The molecule has 0 unspecified atom stereocenters. The molecule has 0 aromatic heterocycles. The van der Waals surface area contributed by atoms with E-state index in [9.17, 15) is 9.59 Å². The number of rotatable bonds is 2. The lowest BCUT2D eigenvalue weighted by Crippen LogP contribution is -2.50. The lowest BCUT2D eigenvalue weighted by atomic mass is 9.89. The summed E-state index contributed by atoms with van der Waals surface area (Å²) in [6.45, 7) is 7.38. The van der Waals surface area contributed by atoms with Crippen LogP contribution in [0.2, 0.25) is 5.02 Å². The summed E-state index contributed by atoms with van der Waals surface area (Å²) in [6, 6.07) is 6.98. The molecule has 0 radical (unpaired) electrons. The molecule has 1 aromatic carbocycles. The van der Waals surface area contributed by atoms with Gasteiger partial charge in [-0.05, 0) is 55.4 Å². The number of carbonyl (C=O) groups excluding carboxylic acids is 2. The van der Waals surface area contributed by atoms with Crippen LogP contribution >= 0.6 is 11.6 Å². The fourth-order valence-corrected chi connectivity index (χ4v) is 4.37. The highest BCUT2D eigenvalue weighted by atomic mass is 35.5. The minimum Gasteiger partial charge on any atom is -0.342 e. The molecule has 1 aromatic rings. The van der Waals surface area contributed by atoms with E-state index in [1.54, 1.807) is 24.3 Å². The number of hydrogen-bond acceptors (Lipinski definition) is 2. The lowest BCUT2D eigenvalue weighted by molar-refractivity contribution is -0.139. The van der Waals surface area contributed by atoms with Crippen LogP contribution in [0.5, 0.6) is 0 Å². The van der Waals surface area contributed by atoms with Crippen LogP contribution in [-0.4, -0.2) is 47.8 Å². The van der Waals surface area contributed by atoms with Gasteiger partial charge in [0.15, 0.2) is 0 Å². The zero-order valence-electron chi connectivity index (χ0n) is 15.1. The van der Waals surface area contributed by atoms with Gasteiger partial charge in [0.1, 0.15) is 0 Å². The monoisotopic (exact) mass is 362 g/mol. The van der Waals surface area contributed by atoms with Gasteiger partial charge in [-0.25, -0.2) is 0 Å². The van der Waals surface area contributed by atoms with Crippen molar-refractivity contribution in [3.05, 3.63) is 34.9 Å². The molecule has 25 heavy (non-hydrogen) atoms. The van der Waals surface area contributed by atoms with Crippen molar-refractivity contribution >= 4 is 23.4 Å². The molecule has 4 nitrogen and oxygen atoms in total. The molecular formula is C20H27ClN2O2. The van der Waals surface area contributed by atoms with Gasteiger partial charge >= 0.3 is 0 Å². The summed E-state index contributed by atoms with van der Waals surface area (Å²) in [5.74, 6) is 1.27. The summed E-state index contributed by atoms with van der Waals surface area (Å²) >= 11 is 5.90. The van der Waals surface area contributed by atoms with E-state index in [0.29, 0.717) is 29.0 Å². The molecule has 2 saturated heterocycles. The normalized spacial score (nSPS) is 27.2. The van der Waals surface area contributed by atoms with Crippen molar-refractivity contribution in [3.8, 4) is 0 Å². The van der Waals surface area contributed by atoms with Gasteiger partial charge in [-0.2, -0.15) is 0 Å². The maximum absolute atomic E-state index is 13.0. The molecule has 0 bridgehead atoms. The predicted molar refractivity (Wildman–Crippen MR) is 99.6 cm³/mol. The highest BCUT2D eigenvalue weighted by Crippen LogP contribution is 2.26. The van der Waals surface area contributed by atoms with E-state index in [1.165, 1.54) is 6.42 Å². The van der Waals surface area contributed by atoms with Crippen LogP contribution in [0.15, 0.2) is 24.3 Å². The fraction of sp³-hybridized carbons (Fsp3) is 0.600. The van der Waals surface area contributed by atoms with Gasteiger partial charge in [0.2, 0.25) is 5.91 Å². The summed E-state index contributed by atoms with van der Waals surface area (Å²) in [7, 11) is 0. The number of amides is 2. The molecule has 136 valence electrons. The molecule has 3 atom stereocenters. The number of benzene rings is 1. The first-order valence-corrected chi connectivity index (χ1v) is 9.65. The smallest absolute Gasteiger partial charge is 0.253 e. The summed E-state index contributed by atoms with van der Waals surface area (Å²) < 4.78 is 0. The minimum absolute atomic E-state index is 0.00505. The third-order valence-corrected chi connectivity index (χ3v) is 5.58. The van der Waals surface area contributed by atoms with Crippen molar-refractivity contribution in [2.75, 3.05) is 26.2 Å². The Morgan fingerprint density at radius 1 is 1.00 bits per heavy atom. The third kappa shape index (κ3) is 4.35. The Morgan fingerprint density at radius 3 is 2.28 bits per heavy atom. The average molecular weight is 363 g/mol. The number of carbonyl (C=O) groups is 2. The fourth-order valence-electron chi connectivity index (χ4n) is 4.24. The van der Waals surface area contributed by atoms with Crippen molar-refractivity contribution in [1.82, 2.24) is 9.80 Å². The Morgan fingerprint density at radius 2 is 1.64 bits per heavy atom. The number of halogens is 1. The van der Waals surface area contributed by atoms with E-state index >= 15 is 0 Å². The van der Waals surface area contributed by atoms with Crippen LogP contribution in [0.1, 0.15) is 43.5 Å². The molecule has 0 N–H and O–H groups in total. The summed E-state index contributed by atoms with van der Waals surface area (Å²) in [5.41, 5.74) is 0.637. The van der Waals surface area contributed by atoms with E-state index < -0.39 is 0 Å². The summed E-state index contributed by atoms with van der Waals surface area (Å²) in [6.07, 6.45) is 2.95. The van der Waals surface area contributed by atoms with Crippen molar-refractivity contribution in [3.63, 3.8) is 0 Å². The minimum atomic E-state index is -0.0671. The molecule has 2 fully saturated rings. The van der Waals surface area contributed by atoms with Crippen LogP contribution < -0.4 is 0 Å². The van der Waals surface area contributed by atoms with Crippen LogP contribution in [0.4, 0.5) is 0 Å². The quantitative estimate of drug-likeness (QED) is 0.804. The van der Waals surface area contributed by atoms with Crippen molar-refractivity contribution < 1.29 is 9.59 Å². The SMILES string of the molecule is C[C@@H]1C[C@H](C)CN(C(=O)[C@H]2CCCN(C(=O)c3ccc(Cl)cc3)C2)C1. The Bertz CT molecular complexity index is 621. The Labute approximate surface area is 155 Å². The lowest BCUT2D eigenvalue weighted by Gasteiger charge is -2.39. The Kier molecular flexibility index (Phi) is 5.67. The van der Waals surface area contributed by atoms with Gasteiger partial charge in [0, 0.05) is 36.8 Å². The van der Waals surface area contributed by atoms with Crippen LogP contribution in [0, 0.1) is 17.8 Å². The van der Waals surface area contributed by atoms with E-state index in [1.807, 2.05) is 9.80 Å². The summed E-state index contributed by atoms with van der Waals surface area (Å²) in [5, 5.41) is 0.622. The standard InChI is InChI=1S/C20H27ClN2O2/c1-14-10-15(2)12-23(11-14)20(25)17-4-3-9-22(13-17)19(24)16-5-7-18(21)8-6-16/h5-8,14-15,17H,3-4,9-13H2,1-2H3/t14-,15+,17-/m0/s1. The van der Waals surface area contributed by atoms with Crippen molar-refractivity contribution in [2.45, 2.75) is 33.1 Å². The van der Waals surface area contributed by atoms with Gasteiger partial charge in [-0.3, -0.25) is 9.59 Å². The molecule has 2 heterocycles. The summed E-state index contributed by atoms with van der Waals surface area (Å²) in [4.78, 5) is 29.5. The van der Waals surface area contributed by atoms with Gasteiger partial charge < -0.3 is 9.80 Å². The number of hydrogen-bond donors (Lipinski definition) is 0. The zero-order valence-corrected chi connectivity index (χ0v) is 15.8. The molecule has 0 spiro atoms. The molecule has 2 aliphatic rings.